The van der Waals surface area contributed by atoms with E-state index in [-0.39, 0.29) is 11.3 Å². The molecule has 33 heavy (non-hydrogen) atoms. The predicted octanol–water partition coefficient (Wildman–Crippen LogP) is 5.11. The van der Waals surface area contributed by atoms with Crippen LogP contribution in [-0.4, -0.2) is 22.5 Å². The number of nitrogens with zero attached hydrogens (tertiary/aromatic N) is 2. The first-order valence-corrected chi connectivity index (χ1v) is 11.4. The van der Waals surface area contributed by atoms with Crippen LogP contribution in [-0.2, 0) is 5.75 Å². The van der Waals surface area contributed by atoms with Crippen LogP contribution in [0.2, 0.25) is 0 Å². The third-order valence-electron chi connectivity index (χ3n) is 4.75. The van der Waals surface area contributed by atoms with Gasteiger partial charge in [0, 0.05) is 17.5 Å². The van der Waals surface area contributed by atoms with Crippen molar-refractivity contribution < 1.29 is 18.7 Å². The zero-order valence-electron chi connectivity index (χ0n) is 18.5. The van der Waals surface area contributed by atoms with Gasteiger partial charge in [0.1, 0.15) is 23.3 Å². The van der Waals surface area contributed by atoms with Crippen molar-refractivity contribution in [3.63, 3.8) is 0 Å². The number of aryl methyl sites for hydroxylation is 2. The molecule has 0 unspecified atom stereocenters. The molecule has 4 rings (SSSR count). The Morgan fingerprint density at radius 1 is 1.03 bits per heavy atom. The van der Waals surface area contributed by atoms with E-state index in [1.807, 2.05) is 57.2 Å². The van der Waals surface area contributed by atoms with Crippen LogP contribution in [0, 0.1) is 13.8 Å². The standard InChI is InChI=1S/C25H22N2O5S/c1-4-30-21-10-9-17-7-5-6-8-19(17)23(21)24(29)32-22-13-31-18(12-20(22)28)14-33-25-26-15(2)11-16(3)27-25/h5-13H,4,14H2,1-3H3. The lowest BCUT2D eigenvalue weighted by molar-refractivity contribution is 0.0726. The molecule has 7 nitrogen and oxygen atoms in total. The first-order valence-electron chi connectivity index (χ1n) is 10.4. The van der Waals surface area contributed by atoms with Crippen LogP contribution in [0.4, 0.5) is 0 Å². The second-order valence-corrected chi connectivity index (χ2v) is 8.22. The molecule has 0 saturated carbocycles. The molecule has 0 atom stereocenters. The van der Waals surface area contributed by atoms with Crippen molar-refractivity contribution in [3.8, 4) is 11.5 Å². The minimum Gasteiger partial charge on any atom is -0.493 e. The third kappa shape index (κ3) is 5.23. The highest BCUT2D eigenvalue weighted by Gasteiger charge is 2.20. The predicted molar refractivity (Wildman–Crippen MR) is 126 cm³/mol. The number of carbonyl (C=O) groups excluding carboxylic acids is 1. The molecule has 168 valence electrons. The van der Waals surface area contributed by atoms with Crippen molar-refractivity contribution in [3.05, 3.63) is 87.7 Å². The van der Waals surface area contributed by atoms with E-state index in [9.17, 15) is 9.59 Å². The van der Waals surface area contributed by atoms with Crippen LogP contribution in [0.3, 0.4) is 0 Å². The number of rotatable bonds is 7. The number of hydrogen-bond acceptors (Lipinski definition) is 8. The molecule has 0 spiro atoms. The molecular weight excluding hydrogens is 440 g/mol. The van der Waals surface area contributed by atoms with Crippen LogP contribution in [0.25, 0.3) is 10.8 Å². The maximum Gasteiger partial charge on any atom is 0.348 e. The zero-order chi connectivity index (χ0) is 23.4. The largest absolute Gasteiger partial charge is 0.493 e. The van der Waals surface area contributed by atoms with Gasteiger partial charge in [-0.2, -0.15) is 0 Å². The molecule has 0 bridgehead atoms. The Labute approximate surface area is 194 Å². The van der Waals surface area contributed by atoms with Gasteiger partial charge < -0.3 is 13.9 Å². The van der Waals surface area contributed by atoms with Crippen molar-refractivity contribution in [2.24, 2.45) is 0 Å². The molecule has 0 aliphatic rings. The first-order chi connectivity index (χ1) is 15.9. The highest BCUT2D eigenvalue weighted by molar-refractivity contribution is 7.98. The summed E-state index contributed by atoms with van der Waals surface area (Å²) >= 11 is 1.36. The number of esters is 1. The van der Waals surface area contributed by atoms with Gasteiger partial charge in [-0.25, -0.2) is 14.8 Å². The van der Waals surface area contributed by atoms with E-state index in [2.05, 4.69) is 9.97 Å². The molecule has 0 aliphatic carbocycles. The number of aromatic nitrogens is 2. The number of fused-ring (bicyclic) bond motifs is 1. The topological polar surface area (TPSA) is 91.5 Å². The van der Waals surface area contributed by atoms with Crippen molar-refractivity contribution in [1.82, 2.24) is 9.97 Å². The monoisotopic (exact) mass is 462 g/mol. The Balaban J connectivity index is 1.54. The fraction of sp³-hybridized carbons (Fsp3) is 0.200. The SMILES string of the molecule is CCOc1ccc2ccccc2c1C(=O)Oc1coc(CSc2nc(C)cc(C)n2)cc1=O. The summed E-state index contributed by atoms with van der Waals surface area (Å²) in [7, 11) is 0. The van der Waals surface area contributed by atoms with Gasteiger partial charge in [-0.3, -0.25) is 4.79 Å². The number of hydrogen-bond donors (Lipinski definition) is 0. The molecule has 2 heterocycles. The van der Waals surface area contributed by atoms with E-state index in [0.29, 0.717) is 34.4 Å². The number of benzene rings is 2. The molecule has 2 aromatic heterocycles. The molecular formula is C25H22N2O5S. The molecule has 2 aromatic carbocycles. The second-order valence-electron chi connectivity index (χ2n) is 7.28. The van der Waals surface area contributed by atoms with Gasteiger partial charge in [-0.05, 0) is 43.7 Å². The minimum absolute atomic E-state index is 0.188. The molecule has 0 fully saturated rings. The number of thioether (sulfide) groups is 1. The van der Waals surface area contributed by atoms with E-state index in [4.69, 9.17) is 13.9 Å². The van der Waals surface area contributed by atoms with Gasteiger partial charge in [0.15, 0.2) is 5.16 Å². The Morgan fingerprint density at radius 3 is 2.52 bits per heavy atom. The van der Waals surface area contributed by atoms with Gasteiger partial charge >= 0.3 is 5.97 Å². The second kappa shape index (κ2) is 9.87. The molecule has 8 heteroatoms. The van der Waals surface area contributed by atoms with Crippen LogP contribution in [0.5, 0.6) is 11.5 Å². The Hall–Kier alpha value is -3.65. The number of ether oxygens (including phenoxy) is 2. The average molecular weight is 463 g/mol. The summed E-state index contributed by atoms with van der Waals surface area (Å²) in [6, 6.07) is 14.2. The van der Waals surface area contributed by atoms with Crippen molar-refractivity contribution >= 4 is 28.5 Å². The fourth-order valence-corrected chi connectivity index (χ4v) is 4.21. The molecule has 0 aliphatic heterocycles. The summed E-state index contributed by atoms with van der Waals surface area (Å²) in [5, 5.41) is 2.14. The Kier molecular flexibility index (Phi) is 6.74. The molecule has 0 N–H and O–H groups in total. The summed E-state index contributed by atoms with van der Waals surface area (Å²) in [4.78, 5) is 34.3. The minimum atomic E-state index is -0.687. The summed E-state index contributed by atoms with van der Waals surface area (Å²) < 4.78 is 16.6. The van der Waals surface area contributed by atoms with E-state index in [0.717, 1.165) is 23.0 Å². The van der Waals surface area contributed by atoms with Crippen molar-refractivity contribution in [2.45, 2.75) is 31.7 Å². The molecule has 0 saturated heterocycles. The lowest BCUT2D eigenvalue weighted by atomic mass is 10.0. The average Bonchev–Trinajstić information content (AvgIpc) is 2.78. The normalized spacial score (nSPS) is 10.9. The van der Waals surface area contributed by atoms with E-state index in [1.54, 1.807) is 6.07 Å². The molecule has 0 radical (unpaired) electrons. The smallest absolute Gasteiger partial charge is 0.348 e. The van der Waals surface area contributed by atoms with E-state index in [1.165, 1.54) is 17.8 Å². The maximum absolute atomic E-state index is 13.0. The van der Waals surface area contributed by atoms with Crippen LogP contribution in [0.15, 0.2) is 69.2 Å². The van der Waals surface area contributed by atoms with Crippen LogP contribution >= 0.6 is 11.8 Å². The highest BCUT2D eigenvalue weighted by Crippen LogP contribution is 2.29. The van der Waals surface area contributed by atoms with Crippen LogP contribution < -0.4 is 14.9 Å². The lowest BCUT2D eigenvalue weighted by Crippen LogP contribution is -2.16. The first kappa shape index (κ1) is 22.5. The van der Waals surface area contributed by atoms with E-state index < -0.39 is 11.4 Å². The van der Waals surface area contributed by atoms with Gasteiger partial charge in [0.05, 0.1) is 12.4 Å². The lowest BCUT2D eigenvalue weighted by Gasteiger charge is -2.12. The number of carbonyl (C=O) groups is 1. The van der Waals surface area contributed by atoms with Crippen molar-refractivity contribution in [2.75, 3.05) is 6.61 Å². The van der Waals surface area contributed by atoms with Gasteiger partial charge in [-0.1, -0.05) is 42.1 Å². The van der Waals surface area contributed by atoms with Crippen molar-refractivity contribution in [1.29, 1.82) is 0 Å². The van der Waals surface area contributed by atoms with Gasteiger partial charge in [0.2, 0.25) is 11.2 Å². The molecule has 4 aromatic rings. The zero-order valence-corrected chi connectivity index (χ0v) is 19.3. The summed E-state index contributed by atoms with van der Waals surface area (Å²) in [5.41, 5.74) is 1.55. The maximum atomic E-state index is 13.0. The molecule has 0 amide bonds. The Morgan fingerprint density at radius 2 is 1.79 bits per heavy atom. The summed E-state index contributed by atoms with van der Waals surface area (Å²) in [6.07, 6.45) is 1.16. The van der Waals surface area contributed by atoms with Gasteiger partial charge in [0.25, 0.3) is 0 Å². The van der Waals surface area contributed by atoms with Gasteiger partial charge in [-0.15, -0.1) is 0 Å². The third-order valence-corrected chi connectivity index (χ3v) is 5.62. The quantitative estimate of drug-likeness (QED) is 0.213. The summed E-state index contributed by atoms with van der Waals surface area (Å²) in [5.74, 6) is 0.310. The van der Waals surface area contributed by atoms with Crippen LogP contribution in [0.1, 0.15) is 34.4 Å². The highest BCUT2D eigenvalue weighted by atomic mass is 32.2. The fourth-order valence-electron chi connectivity index (χ4n) is 3.37. The summed E-state index contributed by atoms with van der Waals surface area (Å²) in [6.45, 7) is 6.01. The van der Waals surface area contributed by atoms with E-state index >= 15 is 0 Å². The Bertz CT molecular complexity index is 1360.